The van der Waals surface area contributed by atoms with Crippen LogP contribution in [0.5, 0.6) is 11.6 Å². The first-order valence-electron chi connectivity index (χ1n) is 6.77. The van der Waals surface area contributed by atoms with Crippen LogP contribution in [0.2, 0.25) is 0 Å². The Morgan fingerprint density at radius 3 is 2.90 bits per heavy atom. The van der Waals surface area contributed by atoms with Gasteiger partial charge in [-0.25, -0.2) is 4.98 Å². The van der Waals surface area contributed by atoms with E-state index in [4.69, 9.17) is 4.74 Å². The fraction of sp³-hybridized carbons (Fsp3) is 0.250. The summed E-state index contributed by atoms with van der Waals surface area (Å²) in [4.78, 5) is 15.7. The Kier molecular flexibility index (Phi) is 3.63. The van der Waals surface area contributed by atoms with Crippen molar-refractivity contribution in [3.63, 3.8) is 0 Å². The van der Waals surface area contributed by atoms with Crippen LogP contribution in [0.3, 0.4) is 0 Å². The molecule has 1 heterocycles. The molecule has 1 aliphatic carbocycles. The molecule has 1 fully saturated rings. The van der Waals surface area contributed by atoms with Gasteiger partial charge in [-0.05, 0) is 36.6 Å². The van der Waals surface area contributed by atoms with Gasteiger partial charge in [0.15, 0.2) is 0 Å². The van der Waals surface area contributed by atoms with E-state index in [2.05, 4.69) is 10.3 Å². The van der Waals surface area contributed by atoms with Gasteiger partial charge in [-0.15, -0.1) is 0 Å². The summed E-state index contributed by atoms with van der Waals surface area (Å²) >= 11 is 0. The Labute approximate surface area is 117 Å². The molecule has 1 aliphatic rings. The largest absolute Gasteiger partial charge is 0.439 e. The number of aromatic nitrogens is 1. The molecule has 1 N–H and O–H groups in total. The van der Waals surface area contributed by atoms with Crippen LogP contribution >= 0.6 is 0 Å². The topological polar surface area (TPSA) is 51.2 Å². The van der Waals surface area contributed by atoms with Gasteiger partial charge in [0, 0.05) is 24.7 Å². The van der Waals surface area contributed by atoms with Crippen LogP contribution in [-0.2, 0) is 11.3 Å². The average molecular weight is 268 g/mol. The molecule has 4 heteroatoms. The van der Waals surface area contributed by atoms with Crippen molar-refractivity contribution in [1.29, 1.82) is 0 Å². The number of rotatable bonds is 5. The smallest absolute Gasteiger partial charge is 0.223 e. The molecule has 4 nitrogen and oxygen atoms in total. The van der Waals surface area contributed by atoms with Crippen LogP contribution in [0.1, 0.15) is 18.4 Å². The molecule has 102 valence electrons. The number of hydrogen-bond donors (Lipinski definition) is 1. The lowest BCUT2D eigenvalue weighted by molar-refractivity contribution is -0.122. The Hall–Kier alpha value is -2.36. The number of carbonyl (C=O) groups excluding carboxylic acids is 1. The summed E-state index contributed by atoms with van der Waals surface area (Å²) in [6.07, 6.45) is 3.73. The summed E-state index contributed by atoms with van der Waals surface area (Å²) < 4.78 is 5.66. The molecule has 3 rings (SSSR count). The molecule has 0 atom stereocenters. The van der Waals surface area contributed by atoms with Crippen LogP contribution in [0.25, 0.3) is 0 Å². The lowest BCUT2D eigenvalue weighted by atomic mass is 10.2. The number of amides is 1. The van der Waals surface area contributed by atoms with Crippen molar-refractivity contribution in [2.24, 2.45) is 5.92 Å². The molecule has 1 aromatic carbocycles. The molecule has 0 spiro atoms. The first-order chi connectivity index (χ1) is 9.81. The third-order valence-electron chi connectivity index (χ3n) is 3.17. The molecular formula is C16H16N2O2. The number of hydrogen-bond acceptors (Lipinski definition) is 3. The van der Waals surface area contributed by atoms with E-state index in [9.17, 15) is 4.79 Å². The fourth-order valence-electron chi connectivity index (χ4n) is 1.93. The summed E-state index contributed by atoms with van der Waals surface area (Å²) in [6.45, 7) is 0.536. The van der Waals surface area contributed by atoms with Crippen LogP contribution in [-0.4, -0.2) is 10.9 Å². The molecule has 20 heavy (non-hydrogen) atoms. The molecule has 0 unspecified atom stereocenters. The number of nitrogens with one attached hydrogen (secondary N) is 1. The maximum atomic E-state index is 11.6. The second kappa shape index (κ2) is 5.74. The number of ether oxygens (including phenoxy) is 1. The van der Waals surface area contributed by atoms with Crippen molar-refractivity contribution in [3.05, 3.63) is 54.2 Å². The van der Waals surface area contributed by atoms with E-state index in [0.29, 0.717) is 12.4 Å². The normalized spacial score (nSPS) is 13.8. The van der Waals surface area contributed by atoms with E-state index in [1.807, 2.05) is 42.5 Å². The zero-order valence-corrected chi connectivity index (χ0v) is 11.1. The molecule has 1 amide bonds. The average Bonchev–Trinajstić information content (AvgIpc) is 3.31. The van der Waals surface area contributed by atoms with Crippen molar-refractivity contribution in [2.75, 3.05) is 0 Å². The second-order valence-corrected chi connectivity index (χ2v) is 4.91. The molecule has 2 aromatic rings. The van der Waals surface area contributed by atoms with Gasteiger partial charge in [-0.3, -0.25) is 4.79 Å². The Bertz CT molecular complexity index is 594. The van der Waals surface area contributed by atoms with E-state index in [-0.39, 0.29) is 11.8 Å². The van der Waals surface area contributed by atoms with Gasteiger partial charge in [0.1, 0.15) is 5.75 Å². The second-order valence-electron chi connectivity index (χ2n) is 4.91. The Morgan fingerprint density at radius 1 is 1.25 bits per heavy atom. The lowest BCUT2D eigenvalue weighted by Gasteiger charge is -2.08. The maximum Gasteiger partial charge on any atom is 0.223 e. The Morgan fingerprint density at radius 2 is 2.15 bits per heavy atom. The fourth-order valence-corrected chi connectivity index (χ4v) is 1.93. The standard InChI is InChI=1S/C16H16N2O2/c19-16(13-7-8-13)18-11-12-4-3-5-14(10-12)20-15-6-1-2-9-17-15/h1-6,9-10,13H,7-8,11H2,(H,18,19). The molecule has 0 radical (unpaired) electrons. The minimum atomic E-state index is 0.154. The van der Waals surface area contributed by atoms with Crippen molar-refractivity contribution in [1.82, 2.24) is 10.3 Å². The van der Waals surface area contributed by atoms with Crippen molar-refractivity contribution >= 4 is 5.91 Å². The first-order valence-corrected chi connectivity index (χ1v) is 6.77. The van der Waals surface area contributed by atoms with E-state index >= 15 is 0 Å². The predicted molar refractivity (Wildman–Crippen MR) is 75.3 cm³/mol. The van der Waals surface area contributed by atoms with Crippen LogP contribution < -0.4 is 10.1 Å². The van der Waals surface area contributed by atoms with Crippen LogP contribution in [0.15, 0.2) is 48.7 Å². The number of nitrogens with zero attached hydrogens (tertiary/aromatic N) is 1. The van der Waals surface area contributed by atoms with Gasteiger partial charge in [0.05, 0.1) is 0 Å². The SMILES string of the molecule is O=C(NCc1cccc(Oc2ccccn2)c1)C1CC1. The van der Waals surface area contributed by atoms with Gasteiger partial charge < -0.3 is 10.1 Å². The number of carbonyl (C=O) groups is 1. The van der Waals surface area contributed by atoms with Gasteiger partial charge >= 0.3 is 0 Å². The predicted octanol–water partition coefficient (Wildman–Crippen LogP) is 2.90. The van der Waals surface area contributed by atoms with Gasteiger partial charge in [0.2, 0.25) is 11.8 Å². The van der Waals surface area contributed by atoms with Crippen molar-refractivity contribution in [3.8, 4) is 11.6 Å². The van der Waals surface area contributed by atoms with Crippen molar-refractivity contribution < 1.29 is 9.53 Å². The third-order valence-corrected chi connectivity index (χ3v) is 3.17. The zero-order valence-electron chi connectivity index (χ0n) is 11.1. The van der Waals surface area contributed by atoms with E-state index in [1.165, 1.54) is 0 Å². The molecule has 1 aromatic heterocycles. The molecule has 1 saturated carbocycles. The first kappa shape index (κ1) is 12.7. The van der Waals surface area contributed by atoms with Gasteiger partial charge in [-0.1, -0.05) is 18.2 Å². The zero-order chi connectivity index (χ0) is 13.8. The van der Waals surface area contributed by atoms with E-state index in [0.717, 1.165) is 24.2 Å². The summed E-state index contributed by atoms with van der Waals surface area (Å²) in [6, 6.07) is 13.2. The Balaban J connectivity index is 1.61. The van der Waals surface area contributed by atoms with Crippen molar-refractivity contribution in [2.45, 2.75) is 19.4 Å². The summed E-state index contributed by atoms with van der Waals surface area (Å²) in [5.74, 6) is 1.68. The highest BCUT2D eigenvalue weighted by Gasteiger charge is 2.29. The monoisotopic (exact) mass is 268 g/mol. The summed E-state index contributed by atoms with van der Waals surface area (Å²) in [5, 5.41) is 2.94. The quantitative estimate of drug-likeness (QED) is 0.907. The minimum absolute atomic E-state index is 0.154. The highest BCUT2D eigenvalue weighted by Crippen LogP contribution is 2.29. The highest BCUT2D eigenvalue weighted by molar-refractivity contribution is 5.80. The molecule has 0 bridgehead atoms. The van der Waals surface area contributed by atoms with Gasteiger partial charge in [0.25, 0.3) is 0 Å². The molecule has 0 saturated heterocycles. The molecular weight excluding hydrogens is 252 g/mol. The van der Waals surface area contributed by atoms with E-state index < -0.39 is 0 Å². The lowest BCUT2D eigenvalue weighted by Crippen LogP contribution is -2.24. The maximum absolute atomic E-state index is 11.6. The molecule has 0 aliphatic heterocycles. The summed E-state index contributed by atoms with van der Waals surface area (Å²) in [5.41, 5.74) is 1.02. The number of pyridine rings is 1. The third kappa shape index (κ3) is 3.35. The summed E-state index contributed by atoms with van der Waals surface area (Å²) in [7, 11) is 0. The number of benzene rings is 1. The minimum Gasteiger partial charge on any atom is -0.439 e. The van der Waals surface area contributed by atoms with Crippen LogP contribution in [0, 0.1) is 5.92 Å². The van der Waals surface area contributed by atoms with Gasteiger partial charge in [-0.2, -0.15) is 0 Å². The van der Waals surface area contributed by atoms with E-state index in [1.54, 1.807) is 6.20 Å². The van der Waals surface area contributed by atoms with Crippen LogP contribution in [0.4, 0.5) is 0 Å². The highest BCUT2D eigenvalue weighted by atomic mass is 16.5.